The van der Waals surface area contributed by atoms with Crippen molar-refractivity contribution in [3.05, 3.63) is 0 Å². The van der Waals surface area contributed by atoms with Crippen LogP contribution in [0.25, 0.3) is 0 Å². The molecule has 4 saturated heterocycles. The van der Waals surface area contributed by atoms with Crippen LogP contribution in [0.2, 0.25) is 0 Å². The second-order valence-corrected chi connectivity index (χ2v) is 28.5. The first-order valence-electron chi connectivity index (χ1n) is 37.1. The minimum Gasteiger partial charge on any atom is -0.480 e. The Bertz CT molecular complexity index is 2740. The van der Waals surface area contributed by atoms with Crippen molar-refractivity contribution in [3.8, 4) is 0 Å². The van der Waals surface area contributed by atoms with Gasteiger partial charge in [-0.3, -0.25) is 59.6 Å². The van der Waals surface area contributed by atoms with E-state index in [0.29, 0.717) is 71.0 Å². The fourth-order valence-corrected chi connectivity index (χ4v) is 16.9. The lowest BCUT2D eigenvalue weighted by Gasteiger charge is -2.31. The number of likely N-dealkylation sites (tertiary alicyclic amines) is 4. The largest absolute Gasteiger partial charge is 0.480 e. The Morgan fingerprint density at radius 1 is 0.343 bits per heavy atom. The van der Waals surface area contributed by atoms with E-state index < -0.39 is 108 Å². The van der Waals surface area contributed by atoms with Crippen LogP contribution < -0.4 is 21.3 Å². The van der Waals surface area contributed by atoms with Crippen molar-refractivity contribution in [1.29, 1.82) is 0 Å². The van der Waals surface area contributed by atoms with Crippen LogP contribution in [-0.2, 0) is 67.0 Å². The van der Waals surface area contributed by atoms with Gasteiger partial charge in [-0.1, -0.05) is 98.3 Å². The van der Waals surface area contributed by atoms with Crippen molar-refractivity contribution in [2.75, 3.05) is 13.2 Å². The van der Waals surface area contributed by atoms with Crippen LogP contribution in [0, 0.1) is 23.7 Å². The Balaban J connectivity index is 0.000000239. The number of hydrogen-bond donors (Lipinski definition) is 10. The van der Waals surface area contributed by atoms with E-state index in [1.807, 2.05) is 20.8 Å². The van der Waals surface area contributed by atoms with Gasteiger partial charge in [0.1, 0.15) is 48.3 Å². The normalized spacial score (nSPS) is 27.9. The van der Waals surface area contributed by atoms with Crippen molar-refractivity contribution in [2.24, 2.45) is 23.7 Å². The first kappa shape index (κ1) is 83.1. The van der Waals surface area contributed by atoms with Crippen molar-refractivity contribution in [3.63, 3.8) is 0 Å². The molecule has 0 spiro atoms. The number of carbonyl (C=O) groups is 12. The lowest BCUT2D eigenvalue weighted by Crippen LogP contribution is -2.55. The highest BCUT2D eigenvalue weighted by Gasteiger charge is 2.54. The predicted octanol–water partition coefficient (Wildman–Crippen LogP) is 6.42. The summed E-state index contributed by atoms with van der Waals surface area (Å²) >= 11 is 0. The average Bonchev–Trinajstić information content (AvgIpc) is 1.66. The molecule has 4 amide bonds. The number of nitrogens with one attached hydrogen (secondary N) is 4. The van der Waals surface area contributed by atoms with Crippen LogP contribution in [-0.4, -0.2) is 232 Å². The zero-order chi connectivity index (χ0) is 73.5. The Labute approximate surface area is 583 Å². The molecule has 4 heterocycles. The molecule has 8 rings (SSSR count). The highest BCUT2D eigenvalue weighted by Crippen LogP contribution is 2.45. The van der Waals surface area contributed by atoms with Gasteiger partial charge in [-0.15, -0.1) is 0 Å². The van der Waals surface area contributed by atoms with Crippen molar-refractivity contribution in [2.45, 2.75) is 339 Å². The maximum Gasteiger partial charge on any atom is 0.326 e. The number of amides is 4. The number of carboxylic acid groups (broad SMARTS) is 6. The molecule has 8 aliphatic rings. The summed E-state index contributed by atoms with van der Waals surface area (Å²) in [5.74, 6) is -6.42. The SMILES string of the molecule is CCCCC[C@H](N[C@@H](C)C(=O)N1[C@H](C(=O)O)C[C@@H]2CCC[C@@H]21)C(=O)OCC.CCCC[C@H](N[C@@H](C)C(=O)N1[C@H](C(=O)O)C[C@@H]2CCC[C@@H]21)C(=O)O.CCC[C@H](N[C@@H](C)C(=O)N1[C@H](C(=O)O)C[C@@H]2CCC[C@@H]21)C(=O)O.CCC[C@H](N[C@@H](C)C(=O)N1[C@H](C(=O)O)C[C@@H]2CCC[C@@H]21)C(=O)OCC. The first-order chi connectivity index (χ1) is 47.0. The molecule has 4 aliphatic carbocycles. The minimum atomic E-state index is -0.985. The molecule has 99 heavy (non-hydrogen) atoms. The minimum absolute atomic E-state index is 0.0118. The number of ether oxygens (including phenoxy) is 2. The number of nitrogens with zero attached hydrogens (tertiary/aromatic N) is 4. The smallest absolute Gasteiger partial charge is 0.326 e. The fraction of sp³-hybridized carbons (Fsp3) is 0.831. The summed E-state index contributed by atoms with van der Waals surface area (Å²) in [5, 5.41) is 68.4. The van der Waals surface area contributed by atoms with Crippen LogP contribution in [0.15, 0.2) is 0 Å². The van der Waals surface area contributed by atoms with Gasteiger partial charge in [-0.2, -0.15) is 0 Å². The van der Waals surface area contributed by atoms with Gasteiger partial charge in [0, 0.05) is 24.2 Å². The van der Waals surface area contributed by atoms with Crippen LogP contribution >= 0.6 is 0 Å². The lowest BCUT2D eigenvalue weighted by molar-refractivity contribution is -0.151. The summed E-state index contributed by atoms with van der Waals surface area (Å²) in [5.41, 5.74) is 0. The van der Waals surface area contributed by atoms with Gasteiger partial charge >= 0.3 is 47.8 Å². The summed E-state index contributed by atoms with van der Waals surface area (Å²) in [6.07, 6.45) is 21.6. The number of unbranched alkanes of at least 4 members (excludes halogenated alkanes) is 3. The molecule has 20 atom stereocenters. The highest BCUT2D eigenvalue weighted by molar-refractivity contribution is 5.91. The molecule has 0 radical (unpaired) electrons. The van der Waals surface area contributed by atoms with E-state index >= 15 is 0 Å². The second-order valence-electron chi connectivity index (χ2n) is 28.5. The Morgan fingerprint density at radius 2 is 0.596 bits per heavy atom. The van der Waals surface area contributed by atoms with E-state index in [2.05, 4.69) is 28.2 Å². The standard InChI is InChI=1S/C20H34N2O5.C18H30N2O5.C17H28N2O5.C16H26N2O5/c1-4-6-7-10-15(20(26)27-5-2)21-13(3)18(23)22-16-11-8-9-14(16)12-17(22)19(24)25;1-4-7-13(18(24)25-5-2)19-11(3)16(21)20-14-9-6-8-12(14)10-15(20)17(22)23;1-3-4-7-12(16(21)22)18-10(2)15(20)19-13-8-5-6-11(13)9-14(19)17(23)24;1-3-5-11(15(20)21)17-9(2)14(19)18-12-7-4-6-10(12)8-13(18)16(22)23/h13-17,21H,4-12H2,1-3H3,(H,24,25);11-15,19H,4-10H2,1-3H3,(H,22,23);10-14,18H,3-9H2,1-2H3,(H,21,22)(H,23,24);9-13,17H,3-8H2,1-2H3,(H,20,21)(H,22,23)/t13-,14-,15-,16-,17-;11-,12-,13-,14-,15-;10-,11-,12-,13-,14-;9-,10-,11-,12-,13-/m0000/s1. The predicted molar refractivity (Wildman–Crippen MR) is 364 cm³/mol. The fourth-order valence-electron chi connectivity index (χ4n) is 16.9. The molecule has 0 aromatic rings. The van der Waals surface area contributed by atoms with Gasteiger partial charge in [0.25, 0.3) is 0 Å². The van der Waals surface area contributed by atoms with Crippen LogP contribution in [0.1, 0.15) is 243 Å². The van der Waals surface area contributed by atoms with Crippen molar-refractivity contribution < 1.29 is 97.6 Å². The number of carboxylic acids is 6. The highest BCUT2D eigenvalue weighted by atomic mass is 16.5. The topological polar surface area (TPSA) is 406 Å². The summed E-state index contributed by atoms with van der Waals surface area (Å²) in [4.78, 5) is 151. The Morgan fingerprint density at radius 3 is 0.848 bits per heavy atom. The summed E-state index contributed by atoms with van der Waals surface area (Å²) < 4.78 is 10.2. The summed E-state index contributed by atoms with van der Waals surface area (Å²) in [7, 11) is 0. The van der Waals surface area contributed by atoms with Gasteiger partial charge in [0.05, 0.1) is 37.4 Å². The molecule has 0 bridgehead atoms. The van der Waals surface area contributed by atoms with Gasteiger partial charge in [-0.05, 0) is 168 Å². The van der Waals surface area contributed by atoms with Crippen LogP contribution in [0.3, 0.4) is 0 Å². The van der Waals surface area contributed by atoms with Crippen LogP contribution in [0.4, 0.5) is 0 Å². The first-order valence-corrected chi connectivity index (χ1v) is 37.1. The lowest BCUT2D eigenvalue weighted by atomic mass is 10.0. The van der Waals surface area contributed by atoms with E-state index in [9.17, 15) is 88.2 Å². The van der Waals surface area contributed by atoms with E-state index in [-0.39, 0.29) is 83.4 Å². The number of rotatable bonds is 33. The molecule has 4 aliphatic heterocycles. The molecule has 0 aromatic carbocycles. The zero-order valence-electron chi connectivity index (χ0n) is 60.2. The van der Waals surface area contributed by atoms with Crippen molar-refractivity contribution in [1.82, 2.24) is 40.9 Å². The van der Waals surface area contributed by atoms with E-state index in [4.69, 9.17) is 9.47 Å². The summed E-state index contributed by atoms with van der Waals surface area (Å²) in [6.45, 7) is 18.7. The molecule has 28 nitrogen and oxygen atoms in total. The molecular formula is C71H118N8O20. The van der Waals surface area contributed by atoms with Gasteiger partial charge < -0.3 is 59.7 Å². The van der Waals surface area contributed by atoms with E-state index in [1.54, 1.807) is 51.3 Å². The van der Waals surface area contributed by atoms with E-state index in [1.165, 1.54) is 9.80 Å². The average molecular weight is 1400 g/mol. The number of hydrogen-bond acceptors (Lipinski definition) is 18. The molecule has 0 unspecified atom stereocenters. The second kappa shape index (κ2) is 40.2. The molecule has 562 valence electrons. The number of aliphatic carboxylic acids is 6. The third kappa shape index (κ3) is 22.0. The Kier molecular flexibility index (Phi) is 33.8. The molecule has 0 aromatic heterocycles. The third-order valence-corrected chi connectivity index (χ3v) is 21.6. The number of esters is 2. The maximum absolute atomic E-state index is 13.1. The van der Waals surface area contributed by atoms with Gasteiger partial charge in [0.2, 0.25) is 23.6 Å². The summed E-state index contributed by atoms with van der Waals surface area (Å²) in [6, 6.07) is -8.37. The van der Waals surface area contributed by atoms with Crippen LogP contribution in [0.5, 0.6) is 0 Å². The van der Waals surface area contributed by atoms with E-state index in [0.717, 1.165) is 116 Å². The quantitative estimate of drug-likeness (QED) is 0.0250. The third-order valence-electron chi connectivity index (χ3n) is 21.6. The molecule has 8 fully saturated rings. The van der Waals surface area contributed by atoms with Gasteiger partial charge in [-0.25, -0.2) is 19.2 Å². The number of carbonyl (C=O) groups excluding carboxylic acids is 6. The monoisotopic (exact) mass is 1400 g/mol. The zero-order valence-corrected chi connectivity index (χ0v) is 60.2. The number of fused-ring (bicyclic) bond motifs is 4. The molecule has 28 heteroatoms. The van der Waals surface area contributed by atoms with Crippen molar-refractivity contribution >= 4 is 71.4 Å². The molecular weight excluding hydrogens is 1280 g/mol. The Hall–Kier alpha value is -6.52. The molecule has 4 saturated carbocycles. The maximum atomic E-state index is 13.1. The van der Waals surface area contributed by atoms with Gasteiger partial charge in [0.15, 0.2) is 0 Å². The molecule has 10 N–H and O–H groups in total.